The van der Waals surface area contributed by atoms with E-state index in [9.17, 15) is 13.2 Å². The lowest BCUT2D eigenvalue weighted by atomic mass is 10.4. The van der Waals surface area contributed by atoms with Crippen molar-refractivity contribution in [1.29, 1.82) is 0 Å². The van der Waals surface area contributed by atoms with Crippen LogP contribution in [0.15, 0.2) is 12.3 Å². The lowest BCUT2D eigenvalue weighted by Crippen LogP contribution is -2.08. The van der Waals surface area contributed by atoms with Crippen molar-refractivity contribution in [3.63, 3.8) is 0 Å². The van der Waals surface area contributed by atoms with Gasteiger partial charge in [0.1, 0.15) is 0 Å². The number of hydrogen-bond donors (Lipinski definition) is 0. The molecule has 78 valence electrons. The van der Waals surface area contributed by atoms with Gasteiger partial charge in [0, 0.05) is 17.9 Å². The Hall–Kier alpha value is -0.320. The van der Waals surface area contributed by atoms with Crippen LogP contribution >= 0.6 is 11.8 Å². The van der Waals surface area contributed by atoms with Gasteiger partial charge in [-0.3, -0.25) is 0 Å². The lowest BCUT2D eigenvalue weighted by molar-refractivity contribution is -0.129. The van der Waals surface area contributed by atoms with Crippen LogP contribution in [-0.4, -0.2) is 24.8 Å². The number of halogens is 3. The van der Waals surface area contributed by atoms with E-state index in [4.69, 9.17) is 4.74 Å². The molecule has 0 N–H and O–H groups in total. The molecule has 0 atom stereocenters. The van der Waals surface area contributed by atoms with Crippen LogP contribution in [-0.2, 0) is 4.74 Å². The van der Waals surface area contributed by atoms with Crippen molar-refractivity contribution in [2.75, 3.05) is 18.6 Å². The van der Waals surface area contributed by atoms with E-state index < -0.39 is 12.6 Å². The smallest absolute Gasteiger partial charge is 0.389 e. The summed E-state index contributed by atoms with van der Waals surface area (Å²) in [6, 6.07) is 0. The average Bonchev–Trinajstić information content (AvgIpc) is 2.01. The average molecular weight is 214 g/mol. The van der Waals surface area contributed by atoms with E-state index >= 15 is 0 Å². The highest BCUT2D eigenvalue weighted by Crippen LogP contribution is 2.22. The summed E-state index contributed by atoms with van der Waals surface area (Å²) in [4.78, 5) is 0. The zero-order valence-corrected chi connectivity index (χ0v) is 8.30. The molecule has 0 saturated carbocycles. The van der Waals surface area contributed by atoms with Crippen LogP contribution in [0.1, 0.15) is 12.8 Å². The highest BCUT2D eigenvalue weighted by molar-refractivity contribution is 7.99. The zero-order chi connectivity index (χ0) is 10.3. The summed E-state index contributed by atoms with van der Waals surface area (Å²) in [6.45, 7) is 3.56. The number of ether oxygens (including phenoxy) is 1. The summed E-state index contributed by atoms with van der Waals surface area (Å²) in [6.07, 6.45) is -4.15. The van der Waals surface area contributed by atoms with Crippen LogP contribution in [0.2, 0.25) is 0 Å². The summed E-state index contributed by atoms with van der Waals surface area (Å²) in [5.74, 6) is 1.35. The number of allylic oxidation sites excluding steroid dienone is 1. The molecule has 0 saturated heterocycles. The Balaban J connectivity index is 3.22. The van der Waals surface area contributed by atoms with Crippen molar-refractivity contribution in [1.82, 2.24) is 0 Å². The Morgan fingerprint density at radius 1 is 1.38 bits per heavy atom. The molecule has 0 fully saturated rings. The molecule has 0 aliphatic heterocycles. The van der Waals surface area contributed by atoms with E-state index in [1.54, 1.807) is 0 Å². The highest BCUT2D eigenvalue weighted by atomic mass is 32.2. The van der Waals surface area contributed by atoms with Crippen LogP contribution in [0.3, 0.4) is 0 Å². The predicted molar refractivity (Wildman–Crippen MR) is 48.8 cm³/mol. The maximum absolute atomic E-state index is 11.7. The van der Waals surface area contributed by atoms with Gasteiger partial charge in [-0.05, 0) is 0 Å². The number of hydrogen-bond acceptors (Lipinski definition) is 2. The first kappa shape index (κ1) is 12.7. The van der Waals surface area contributed by atoms with Crippen LogP contribution in [0.5, 0.6) is 0 Å². The summed E-state index contributed by atoms with van der Waals surface area (Å²) in [7, 11) is 1.50. The van der Waals surface area contributed by atoms with Gasteiger partial charge in [0.25, 0.3) is 0 Å². The Bertz CT molecular complexity index is 156. The molecule has 0 radical (unpaired) electrons. The molecule has 0 aliphatic carbocycles. The van der Waals surface area contributed by atoms with Crippen LogP contribution in [0.25, 0.3) is 0 Å². The SMILES string of the molecule is C=C(CCSCCC(F)(F)F)OC. The molecule has 0 spiro atoms. The molecule has 0 aromatic heterocycles. The first-order valence-electron chi connectivity index (χ1n) is 3.82. The monoisotopic (exact) mass is 214 g/mol. The maximum atomic E-state index is 11.7. The summed E-state index contributed by atoms with van der Waals surface area (Å²) in [5, 5.41) is 0. The third kappa shape index (κ3) is 9.60. The molecule has 0 bridgehead atoms. The first-order chi connectivity index (χ1) is 5.95. The van der Waals surface area contributed by atoms with Crippen molar-refractivity contribution in [3.8, 4) is 0 Å². The summed E-state index contributed by atoms with van der Waals surface area (Å²) < 4.78 is 39.7. The standard InChI is InChI=1S/C8H13F3OS/c1-7(12-2)3-5-13-6-4-8(9,10)11/h1,3-6H2,2H3. The van der Waals surface area contributed by atoms with Gasteiger partial charge in [-0.1, -0.05) is 6.58 Å². The minimum atomic E-state index is -4.04. The summed E-state index contributed by atoms with van der Waals surface area (Å²) >= 11 is 1.26. The summed E-state index contributed by atoms with van der Waals surface area (Å²) in [5.41, 5.74) is 0. The van der Waals surface area contributed by atoms with Gasteiger partial charge in [-0.25, -0.2) is 0 Å². The lowest BCUT2D eigenvalue weighted by Gasteiger charge is -2.06. The zero-order valence-electron chi connectivity index (χ0n) is 7.49. The van der Waals surface area contributed by atoms with Gasteiger partial charge in [0.15, 0.2) is 0 Å². The Morgan fingerprint density at radius 3 is 2.46 bits per heavy atom. The molecule has 0 amide bonds. The molecular formula is C8H13F3OS. The van der Waals surface area contributed by atoms with Crippen LogP contribution < -0.4 is 0 Å². The second kappa shape index (κ2) is 6.18. The largest absolute Gasteiger partial charge is 0.502 e. The Labute approximate surface area is 80.3 Å². The van der Waals surface area contributed by atoms with E-state index in [1.165, 1.54) is 18.9 Å². The van der Waals surface area contributed by atoms with Gasteiger partial charge in [0.05, 0.1) is 19.3 Å². The number of methoxy groups -OCH3 is 1. The van der Waals surface area contributed by atoms with Gasteiger partial charge in [-0.2, -0.15) is 24.9 Å². The fourth-order valence-corrected chi connectivity index (χ4v) is 1.53. The quantitative estimate of drug-likeness (QED) is 0.496. The van der Waals surface area contributed by atoms with E-state index in [0.29, 0.717) is 17.9 Å². The van der Waals surface area contributed by atoms with Crippen molar-refractivity contribution in [2.45, 2.75) is 19.0 Å². The van der Waals surface area contributed by atoms with Crippen molar-refractivity contribution >= 4 is 11.8 Å². The van der Waals surface area contributed by atoms with E-state index in [1.807, 2.05) is 0 Å². The molecule has 0 rings (SSSR count). The van der Waals surface area contributed by atoms with Crippen LogP contribution in [0, 0.1) is 0 Å². The van der Waals surface area contributed by atoms with E-state index in [2.05, 4.69) is 6.58 Å². The molecule has 0 aromatic rings. The fourth-order valence-electron chi connectivity index (χ4n) is 0.578. The number of rotatable bonds is 6. The van der Waals surface area contributed by atoms with Crippen LogP contribution in [0.4, 0.5) is 13.2 Å². The number of thioether (sulfide) groups is 1. The van der Waals surface area contributed by atoms with Gasteiger partial charge >= 0.3 is 6.18 Å². The molecule has 0 heterocycles. The normalized spacial score (nSPS) is 11.4. The topological polar surface area (TPSA) is 9.23 Å². The minimum absolute atomic E-state index is 0.112. The minimum Gasteiger partial charge on any atom is -0.502 e. The molecule has 0 unspecified atom stereocenters. The van der Waals surface area contributed by atoms with E-state index in [0.717, 1.165) is 0 Å². The third-order valence-electron chi connectivity index (χ3n) is 1.34. The van der Waals surface area contributed by atoms with Gasteiger partial charge in [0.2, 0.25) is 0 Å². The molecule has 0 aliphatic rings. The molecule has 5 heteroatoms. The van der Waals surface area contributed by atoms with Gasteiger partial charge in [-0.15, -0.1) is 0 Å². The molecular weight excluding hydrogens is 201 g/mol. The van der Waals surface area contributed by atoms with Crippen molar-refractivity contribution in [3.05, 3.63) is 12.3 Å². The molecule has 0 aromatic carbocycles. The van der Waals surface area contributed by atoms with Crippen molar-refractivity contribution in [2.24, 2.45) is 0 Å². The highest BCUT2D eigenvalue weighted by Gasteiger charge is 2.25. The Kier molecular flexibility index (Phi) is 6.03. The second-order valence-corrected chi connectivity index (χ2v) is 3.70. The van der Waals surface area contributed by atoms with Gasteiger partial charge < -0.3 is 4.74 Å². The first-order valence-corrected chi connectivity index (χ1v) is 4.97. The fraction of sp³-hybridized carbons (Fsp3) is 0.750. The maximum Gasteiger partial charge on any atom is 0.389 e. The van der Waals surface area contributed by atoms with Crippen molar-refractivity contribution < 1.29 is 17.9 Å². The predicted octanol–water partition coefficient (Wildman–Crippen LogP) is 3.22. The number of alkyl halides is 3. The third-order valence-corrected chi connectivity index (χ3v) is 2.33. The second-order valence-electron chi connectivity index (χ2n) is 2.47. The molecule has 1 nitrogen and oxygen atoms in total. The van der Waals surface area contributed by atoms with E-state index in [-0.39, 0.29) is 5.75 Å². The molecule has 13 heavy (non-hydrogen) atoms. The Morgan fingerprint density at radius 2 is 2.00 bits per heavy atom.